The number of carbonyl (C=O) groups is 3. The summed E-state index contributed by atoms with van der Waals surface area (Å²) in [5.74, 6) is -2.61. The number of anilines is 1. The highest BCUT2D eigenvalue weighted by Gasteiger charge is 2.37. The second-order valence-corrected chi connectivity index (χ2v) is 10.2. The lowest BCUT2D eigenvalue weighted by Gasteiger charge is -2.26. The number of methoxy groups -OCH3 is 1. The van der Waals surface area contributed by atoms with E-state index >= 15 is 0 Å². The maximum Gasteiger partial charge on any atom is 0.339 e. The number of hydrogen-bond donors (Lipinski definition) is 1. The van der Waals surface area contributed by atoms with Gasteiger partial charge in [-0.25, -0.2) is 9.69 Å². The molecule has 0 atom stereocenters. The quantitative estimate of drug-likeness (QED) is 0.138. The fraction of sp³-hybridized carbons (Fsp3) is 0.0417. The number of nitrogens with zero attached hydrogens (tertiary/aromatic N) is 2. The second-order valence-electron chi connectivity index (χ2n) is 7.76. The molecule has 3 aromatic carbocycles. The number of non-ortho nitro benzene ring substituents is 1. The van der Waals surface area contributed by atoms with Crippen molar-refractivity contribution in [2.24, 2.45) is 0 Å². The highest BCUT2D eigenvalue weighted by atomic mass is 35.5. The Morgan fingerprint density at radius 1 is 1.03 bits per heavy atom. The first kappa shape index (κ1) is 27.6. The normalized spacial score (nSPS) is 14.8. The van der Waals surface area contributed by atoms with Crippen LogP contribution in [0.1, 0.15) is 5.56 Å². The SMILES string of the molecule is COc1cc(/C=C2\C(=O)NC(=O)N(c3cccc([N+](=O)[O-])c3)C2=O)cc(Cl)c1OS(=O)(=O)c1ccc(Cl)cc1. The molecule has 0 bridgehead atoms. The number of nitro groups is 1. The molecule has 0 saturated carbocycles. The predicted octanol–water partition coefficient (Wildman–Crippen LogP) is 4.34. The number of halogens is 2. The Morgan fingerprint density at radius 2 is 1.72 bits per heavy atom. The lowest BCUT2D eigenvalue weighted by atomic mass is 10.1. The van der Waals surface area contributed by atoms with Crippen LogP contribution in [-0.4, -0.2) is 38.3 Å². The molecule has 1 heterocycles. The number of ether oxygens (including phenoxy) is 1. The summed E-state index contributed by atoms with van der Waals surface area (Å²) in [6.07, 6.45) is 1.08. The Labute approximate surface area is 230 Å². The van der Waals surface area contributed by atoms with Crippen molar-refractivity contribution in [2.75, 3.05) is 12.0 Å². The van der Waals surface area contributed by atoms with Crippen LogP contribution in [0, 0.1) is 10.1 Å². The van der Waals surface area contributed by atoms with Gasteiger partial charge in [0.25, 0.3) is 17.5 Å². The van der Waals surface area contributed by atoms with Crippen LogP contribution in [0.5, 0.6) is 11.5 Å². The van der Waals surface area contributed by atoms with Crippen LogP contribution in [0.3, 0.4) is 0 Å². The van der Waals surface area contributed by atoms with Crippen LogP contribution in [-0.2, 0) is 19.7 Å². The number of rotatable bonds is 7. The molecule has 1 fully saturated rings. The Hall–Kier alpha value is -4.46. The zero-order chi connectivity index (χ0) is 28.5. The lowest BCUT2D eigenvalue weighted by molar-refractivity contribution is -0.384. The largest absolute Gasteiger partial charge is 0.493 e. The molecule has 0 radical (unpaired) electrons. The summed E-state index contributed by atoms with van der Waals surface area (Å²) in [5, 5.41) is 13.2. The van der Waals surface area contributed by atoms with Crippen molar-refractivity contribution < 1.29 is 36.6 Å². The molecule has 1 saturated heterocycles. The molecule has 0 aromatic heterocycles. The summed E-state index contributed by atoms with van der Waals surface area (Å²) < 4.78 is 35.8. The van der Waals surface area contributed by atoms with Gasteiger partial charge in [0, 0.05) is 17.2 Å². The maximum atomic E-state index is 13.1. The fourth-order valence-electron chi connectivity index (χ4n) is 3.47. The van der Waals surface area contributed by atoms with Crippen LogP contribution in [0.2, 0.25) is 10.0 Å². The maximum absolute atomic E-state index is 13.1. The van der Waals surface area contributed by atoms with E-state index in [1.54, 1.807) is 0 Å². The van der Waals surface area contributed by atoms with Gasteiger partial charge in [0.05, 0.1) is 22.7 Å². The molecular weight excluding hydrogens is 577 g/mol. The molecule has 200 valence electrons. The van der Waals surface area contributed by atoms with Crippen molar-refractivity contribution in [3.63, 3.8) is 0 Å². The molecule has 4 amide bonds. The predicted molar refractivity (Wildman–Crippen MR) is 139 cm³/mol. The van der Waals surface area contributed by atoms with E-state index in [0.717, 1.165) is 12.1 Å². The van der Waals surface area contributed by atoms with Crippen molar-refractivity contribution in [1.82, 2.24) is 5.32 Å². The number of urea groups is 1. The molecule has 1 aliphatic rings. The van der Waals surface area contributed by atoms with Crippen LogP contribution < -0.4 is 19.1 Å². The van der Waals surface area contributed by atoms with E-state index in [1.807, 2.05) is 5.32 Å². The third-order valence-corrected chi connectivity index (χ3v) is 7.03. The zero-order valence-electron chi connectivity index (χ0n) is 19.6. The number of nitrogens with one attached hydrogen (secondary N) is 1. The average molecular weight is 592 g/mol. The second kappa shape index (κ2) is 10.7. The van der Waals surface area contributed by atoms with Gasteiger partial charge < -0.3 is 8.92 Å². The standard InChI is InChI=1S/C24H15Cl2N3O9S/c1-37-20-11-13(10-19(26)21(20)38-39(35,36)17-7-5-14(25)6-8-17)9-18-22(30)27-24(32)28(23(18)31)15-3-2-4-16(12-15)29(33)34/h2-12H,1H3,(H,27,30,32)/b18-9+. The van der Waals surface area contributed by atoms with Crippen molar-refractivity contribution >= 4 is 68.6 Å². The molecular formula is C24H15Cl2N3O9S. The molecule has 4 rings (SSSR count). The Balaban J connectivity index is 1.70. The number of hydrogen-bond acceptors (Lipinski definition) is 9. The van der Waals surface area contributed by atoms with E-state index in [-0.39, 0.29) is 38.4 Å². The number of imide groups is 2. The summed E-state index contributed by atoms with van der Waals surface area (Å²) >= 11 is 12.1. The Morgan fingerprint density at radius 3 is 2.36 bits per heavy atom. The van der Waals surface area contributed by atoms with Gasteiger partial charge >= 0.3 is 16.1 Å². The highest BCUT2D eigenvalue weighted by Crippen LogP contribution is 2.39. The average Bonchev–Trinajstić information content (AvgIpc) is 2.88. The van der Waals surface area contributed by atoms with Gasteiger partial charge in [-0.1, -0.05) is 29.3 Å². The zero-order valence-corrected chi connectivity index (χ0v) is 21.9. The number of carbonyl (C=O) groups excluding carboxylic acids is 3. The summed E-state index contributed by atoms with van der Waals surface area (Å²) in [6, 6.07) is 11.3. The van der Waals surface area contributed by atoms with E-state index in [2.05, 4.69) is 0 Å². The molecule has 1 N–H and O–H groups in total. The van der Waals surface area contributed by atoms with Crippen LogP contribution >= 0.6 is 23.2 Å². The van der Waals surface area contributed by atoms with Gasteiger partial charge in [-0.2, -0.15) is 8.42 Å². The minimum atomic E-state index is -4.35. The first-order chi connectivity index (χ1) is 18.4. The van der Waals surface area contributed by atoms with Gasteiger partial charge in [-0.3, -0.25) is 25.0 Å². The lowest BCUT2D eigenvalue weighted by Crippen LogP contribution is -2.54. The van der Waals surface area contributed by atoms with Crippen molar-refractivity contribution in [2.45, 2.75) is 4.90 Å². The van der Waals surface area contributed by atoms with Gasteiger partial charge in [-0.05, 0) is 54.1 Å². The van der Waals surface area contributed by atoms with E-state index in [9.17, 15) is 32.9 Å². The van der Waals surface area contributed by atoms with Crippen LogP contribution in [0.15, 0.2) is 71.1 Å². The Bertz CT molecular complexity index is 1670. The van der Waals surface area contributed by atoms with Crippen LogP contribution in [0.4, 0.5) is 16.2 Å². The molecule has 12 nitrogen and oxygen atoms in total. The highest BCUT2D eigenvalue weighted by molar-refractivity contribution is 7.87. The van der Waals surface area contributed by atoms with E-state index in [4.69, 9.17) is 32.1 Å². The van der Waals surface area contributed by atoms with E-state index in [0.29, 0.717) is 9.92 Å². The molecule has 0 aliphatic carbocycles. The van der Waals surface area contributed by atoms with Gasteiger partial charge in [0.1, 0.15) is 10.5 Å². The molecule has 0 unspecified atom stereocenters. The minimum Gasteiger partial charge on any atom is -0.493 e. The third-order valence-electron chi connectivity index (χ3n) is 5.26. The number of barbiturate groups is 1. The Kier molecular flexibility index (Phi) is 7.58. The summed E-state index contributed by atoms with van der Waals surface area (Å²) in [7, 11) is -3.13. The molecule has 39 heavy (non-hydrogen) atoms. The topological polar surface area (TPSA) is 162 Å². The first-order valence-corrected chi connectivity index (χ1v) is 12.8. The summed E-state index contributed by atoms with van der Waals surface area (Å²) in [4.78, 5) is 48.8. The monoisotopic (exact) mass is 591 g/mol. The third kappa shape index (κ3) is 5.70. The number of nitro benzene ring substituents is 1. The number of amides is 4. The molecule has 15 heteroatoms. The van der Waals surface area contributed by atoms with E-state index in [1.165, 1.54) is 61.7 Å². The molecule has 1 aliphatic heterocycles. The number of benzene rings is 3. The minimum absolute atomic E-state index is 0.111. The van der Waals surface area contributed by atoms with Crippen molar-refractivity contribution in [3.8, 4) is 11.5 Å². The molecule has 3 aromatic rings. The van der Waals surface area contributed by atoms with Gasteiger partial charge in [0.2, 0.25) is 5.75 Å². The van der Waals surface area contributed by atoms with Crippen LogP contribution in [0.25, 0.3) is 6.08 Å². The first-order valence-electron chi connectivity index (χ1n) is 10.6. The van der Waals surface area contributed by atoms with Crippen molar-refractivity contribution in [1.29, 1.82) is 0 Å². The van der Waals surface area contributed by atoms with E-state index < -0.39 is 38.5 Å². The smallest absolute Gasteiger partial charge is 0.339 e. The summed E-state index contributed by atoms with van der Waals surface area (Å²) in [6.45, 7) is 0. The molecule has 0 spiro atoms. The summed E-state index contributed by atoms with van der Waals surface area (Å²) in [5.41, 5.74) is -0.922. The van der Waals surface area contributed by atoms with Crippen molar-refractivity contribution in [3.05, 3.63) is 92.0 Å². The van der Waals surface area contributed by atoms with Gasteiger partial charge in [-0.15, -0.1) is 0 Å². The van der Waals surface area contributed by atoms with Gasteiger partial charge in [0.15, 0.2) is 5.75 Å². The fourth-order valence-corrected chi connectivity index (χ4v) is 4.85.